The second-order valence-electron chi connectivity index (χ2n) is 5.31. The van der Waals surface area contributed by atoms with Gasteiger partial charge in [0.15, 0.2) is 6.61 Å². The van der Waals surface area contributed by atoms with Gasteiger partial charge >= 0.3 is 11.9 Å². The van der Waals surface area contributed by atoms with Crippen molar-refractivity contribution in [1.82, 2.24) is 4.90 Å². The van der Waals surface area contributed by atoms with Crippen LogP contribution < -0.4 is 4.74 Å². The molecule has 1 atom stereocenters. The fourth-order valence-corrected chi connectivity index (χ4v) is 3.58. The molecular weight excluding hydrogens is 442 g/mol. The summed E-state index contributed by atoms with van der Waals surface area (Å²) in [7, 11) is 2.45. The Balaban J connectivity index is 2.18. The molecule has 0 aliphatic carbocycles. The van der Waals surface area contributed by atoms with Gasteiger partial charge in [-0.15, -0.1) is 0 Å². The minimum absolute atomic E-state index is 0.186. The van der Waals surface area contributed by atoms with Crippen molar-refractivity contribution in [2.45, 2.75) is 13.0 Å². The average molecular weight is 458 g/mol. The highest BCUT2D eigenvalue weighted by Gasteiger charge is 2.41. The Morgan fingerprint density at radius 1 is 1.26 bits per heavy atom. The second kappa shape index (κ2) is 9.05. The maximum absolute atomic E-state index is 12.5. The molecule has 1 heterocycles. The Morgan fingerprint density at radius 3 is 2.56 bits per heavy atom. The van der Waals surface area contributed by atoms with E-state index in [1.165, 1.54) is 27.2 Å². The largest absolute Gasteiger partial charge is 0.481 e. The molecule has 2 rings (SSSR count). The minimum atomic E-state index is -1.01. The van der Waals surface area contributed by atoms with Crippen LogP contribution in [0.1, 0.15) is 12.5 Å². The van der Waals surface area contributed by atoms with E-state index in [4.69, 9.17) is 4.74 Å². The van der Waals surface area contributed by atoms with Crippen molar-refractivity contribution in [2.75, 3.05) is 20.8 Å². The molecule has 0 aromatic heterocycles. The molecule has 144 valence electrons. The van der Waals surface area contributed by atoms with Crippen LogP contribution in [0.5, 0.6) is 5.75 Å². The molecule has 0 saturated carbocycles. The number of ether oxygens (including phenoxy) is 3. The molecule has 1 aromatic rings. The van der Waals surface area contributed by atoms with Crippen LogP contribution in [-0.2, 0) is 23.9 Å². The molecule has 0 N–H and O–H groups in total. The van der Waals surface area contributed by atoms with Crippen molar-refractivity contribution in [1.29, 1.82) is 0 Å². The Kier molecular flexibility index (Phi) is 7.03. The van der Waals surface area contributed by atoms with E-state index >= 15 is 0 Å². The minimum Gasteiger partial charge on any atom is -0.481 e. The summed E-state index contributed by atoms with van der Waals surface area (Å²) in [5, 5.41) is -0.541. The van der Waals surface area contributed by atoms with E-state index in [0.29, 0.717) is 15.8 Å². The highest BCUT2D eigenvalue weighted by molar-refractivity contribution is 9.10. The lowest BCUT2D eigenvalue weighted by atomic mass is 10.2. The van der Waals surface area contributed by atoms with Gasteiger partial charge in [0, 0.05) is 0 Å². The SMILES string of the molecule is COC(=O)COc1ccc(/C=C2/SC(=O)N([C@H](C)C(=O)OC)C2=O)cc1Br. The summed E-state index contributed by atoms with van der Waals surface area (Å²) in [5.41, 5.74) is 0.628. The van der Waals surface area contributed by atoms with Crippen LogP contribution in [0.2, 0.25) is 0 Å². The third-order valence-corrected chi connectivity index (χ3v) is 5.08. The van der Waals surface area contributed by atoms with Crippen LogP contribution >= 0.6 is 27.7 Å². The molecule has 0 spiro atoms. The highest BCUT2D eigenvalue weighted by Crippen LogP contribution is 2.35. The van der Waals surface area contributed by atoms with Crippen LogP contribution in [-0.4, -0.2) is 54.9 Å². The lowest BCUT2D eigenvalue weighted by Gasteiger charge is -2.18. The van der Waals surface area contributed by atoms with E-state index in [1.54, 1.807) is 18.2 Å². The Labute approximate surface area is 167 Å². The number of thioether (sulfide) groups is 1. The fourth-order valence-electron chi connectivity index (χ4n) is 2.16. The van der Waals surface area contributed by atoms with Crippen LogP contribution in [0.3, 0.4) is 0 Å². The number of amides is 2. The predicted molar refractivity (Wildman–Crippen MR) is 101 cm³/mol. The van der Waals surface area contributed by atoms with Crippen molar-refractivity contribution >= 4 is 56.9 Å². The summed E-state index contributed by atoms with van der Waals surface area (Å²) in [4.78, 5) is 48.4. The van der Waals surface area contributed by atoms with Crippen molar-refractivity contribution in [3.63, 3.8) is 0 Å². The average Bonchev–Trinajstić information content (AvgIpc) is 2.92. The van der Waals surface area contributed by atoms with Gasteiger partial charge in [-0.3, -0.25) is 14.5 Å². The van der Waals surface area contributed by atoms with Crippen molar-refractivity contribution < 1.29 is 33.4 Å². The third kappa shape index (κ3) is 4.89. The molecule has 27 heavy (non-hydrogen) atoms. The molecule has 8 nitrogen and oxygen atoms in total. The maximum Gasteiger partial charge on any atom is 0.343 e. The van der Waals surface area contributed by atoms with Gasteiger partial charge in [0.1, 0.15) is 11.8 Å². The fraction of sp³-hybridized carbons (Fsp3) is 0.294. The molecular formula is C17H16BrNO7S. The first-order valence-electron chi connectivity index (χ1n) is 7.62. The molecule has 0 unspecified atom stereocenters. The molecule has 2 amide bonds. The topological polar surface area (TPSA) is 99.2 Å². The number of hydrogen-bond acceptors (Lipinski definition) is 8. The van der Waals surface area contributed by atoms with Crippen molar-refractivity contribution in [2.24, 2.45) is 0 Å². The number of rotatable bonds is 6. The van der Waals surface area contributed by atoms with Gasteiger partial charge in [-0.25, -0.2) is 9.59 Å². The monoisotopic (exact) mass is 457 g/mol. The summed E-state index contributed by atoms with van der Waals surface area (Å²) in [6.45, 7) is 1.19. The van der Waals surface area contributed by atoms with Crippen LogP contribution in [0, 0.1) is 0 Å². The van der Waals surface area contributed by atoms with Crippen LogP contribution in [0.4, 0.5) is 4.79 Å². The number of carbonyl (C=O) groups excluding carboxylic acids is 4. The zero-order chi connectivity index (χ0) is 20.1. The number of methoxy groups -OCH3 is 2. The standard InChI is InChI=1S/C17H16BrNO7S/c1-9(16(22)25-3)19-15(21)13(27-17(19)23)7-10-4-5-12(11(18)6-10)26-8-14(20)24-2/h4-7,9H,8H2,1-3H3/b13-7+/t9-/m1/s1. The number of carbonyl (C=O) groups is 4. The summed E-state index contributed by atoms with van der Waals surface area (Å²) in [5.74, 6) is -1.33. The number of nitrogens with zero attached hydrogens (tertiary/aromatic N) is 1. The molecule has 10 heteroatoms. The Hall–Kier alpha value is -2.33. The van der Waals surface area contributed by atoms with E-state index < -0.39 is 29.1 Å². The molecule has 0 bridgehead atoms. The normalized spacial score (nSPS) is 16.4. The highest BCUT2D eigenvalue weighted by atomic mass is 79.9. The summed E-state index contributed by atoms with van der Waals surface area (Å²) in [6, 6.07) is 3.94. The lowest BCUT2D eigenvalue weighted by molar-refractivity contribution is -0.148. The summed E-state index contributed by atoms with van der Waals surface area (Å²) >= 11 is 4.07. The maximum atomic E-state index is 12.5. The van der Waals surface area contributed by atoms with Crippen molar-refractivity contribution in [3.8, 4) is 5.75 Å². The number of imide groups is 1. The Morgan fingerprint density at radius 2 is 1.96 bits per heavy atom. The van der Waals surface area contributed by atoms with E-state index in [1.807, 2.05) is 0 Å². The molecule has 1 aromatic carbocycles. The van der Waals surface area contributed by atoms with Gasteiger partial charge in [-0.1, -0.05) is 6.07 Å². The predicted octanol–water partition coefficient (Wildman–Crippen LogP) is 2.60. The molecule has 1 fully saturated rings. The van der Waals surface area contributed by atoms with E-state index in [0.717, 1.165) is 16.7 Å². The first-order valence-corrected chi connectivity index (χ1v) is 9.23. The molecule has 0 radical (unpaired) electrons. The molecule has 1 aliphatic rings. The third-order valence-electron chi connectivity index (χ3n) is 3.58. The zero-order valence-electron chi connectivity index (χ0n) is 14.7. The van der Waals surface area contributed by atoms with E-state index in [-0.39, 0.29) is 11.5 Å². The first-order chi connectivity index (χ1) is 12.8. The lowest BCUT2D eigenvalue weighted by Crippen LogP contribution is -2.42. The van der Waals surface area contributed by atoms with Gasteiger partial charge in [-0.05, 0) is 58.4 Å². The number of esters is 2. The van der Waals surface area contributed by atoms with E-state index in [2.05, 4.69) is 25.4 Å². The first kappa shape index (κ1) is 21.0. The summed E-state index contributed by atoms with van der Waals surface area (Å²) < 4.78 is 15.0. The van der Waals surface area contributed by atoms with Gasteiger partial charge in [0.05, 0.1) is 23.6 Å². The van der Waals surface area contributed by atoms with Crippen molar-refractivity contribution in [3.05, 3.63) is 33.1 Å². The van der Waals surface area contributed by atoms with Gasteiger partial charge in [0.25, 0.3) is 11.1 Å². The van der Waals surface area contributed by atoms with Crippen LogP contribution in [0.25, 0.3) is 6.08 Å². The van der Waals surface area contributed by atoms with E-state index in [9.17, 15) is 19.2 Å². The van der Waals surface area contributed by atoms with Gasteiger partial charge < -0.3 is 14.2 Å². The molecule has 1 aliphatic heterocycles. The zero-order valence-corrected chi connectivity index (χ0v) is 17.1. The number of halogens is 1. The number of hydrogen-bond donors (Lipinski definition) is 0. The quantitative estimate of drug-likeness (QED) is 0.474. The molecule has 1 saturated heterocycles. The van der Waals surface area contributed by atoms with Crippen LogP contribution in [0.15, 0.2) is 27.6 Å². The smallest absolute Gasteiger partial charge is 0.343 e. The van der Waals surface area contributed by atoms with Gasteiger partial charge in [-0.2, -0.15) is 0 Å². The second-order valence-corrected chi connectivity index (χ2v) is 7.15. The Bertz CT molecular complexity index is 823. The number of benzene rings is 1. The van der Waals surface area contributed by atoms with Gasteiger partial charge in [0.2, 0.25) is 0 Å². The summed E-state index contributed by atoms with van der Waals surface area (Å²) in [6.07, 6.45) is 1.53.